The first kappa shape index (κ1) is 18.3. The quantitative estimate of drug-likeness (QED) is 0.409. The van der Waals surface area contributed by atoms with E-state index in [-0.39, 0.29) is 24.0 Å². The van der Waals surface area contributed by atoms with Gasteiger partial charge >= 0.3 is 0 Å². The number of nitrogens with two attached hydrogens (primary N) is 1. The standard InChI is InChI=1S/C17H32N4.HI/c1-2-21-10-6-9-14(21)12-19-17(18)20-16-11-15(16)13-7-4-3-5-8-13;/h13-16H,2-12H2,1H3,(H3,18,19,20);1H. The average Bonchev–Trinajstić information content (AvgIpc) is 3.12. The van der Waals surface area contributed by atoms with Crippen LogP contribution in [0.15, 0.2) is 4.99 Å². The number of halogens is 1. The monoisotopic (exact) mass is 420 g/mol. The van der Waals surface area contributed by atoms with Gasteiger partial charge in [-0.15, -0.1) is 24.0 Å². The van der Waals surface area contributed by atoms with E-state index in [1.165, 1.54) is 57.9 Å². The summed E-state index contributed by atoms with van der Waals surface area (Å²) in [6.07, 6.45) is 11.1. The van der Waals surface area contributed by atoms with Crippen LogP contribution in [0.4, 0.5) is 0 Å². The lowest BCUT2D eigenvalue weighted by atomic mass is 9.85. The molecule has 22 heavy (non-hydrogen) atoms. The fourth-order valence-corrected chi connectivity index (χ4v) is 4.42. The van der Waals surface area contributed by atoms with E-state index >= 15 is 0 Å². The predicted octanol–water partition coefficient (Wildman–Crippen LogP) is 2.96. The Kier molecular flexibility index (Phi) is 7.25. The van der Waals surface area contributed by atoms with E-state index in [0.29, 0.717) is 18.0 Å². The molecule has 0 amide bonds. The summed E-state index contributed by atoms with van der Waals surface area (Å²) in [5.74, 6) is 2.51. The first-order chi connectivity index (χ1) is 10.3. The molecule has 0 spiro atoms. The maximum absolute atomic E-state index is 6.09. The third kappa shape index (κ3) is 4.73. The number of aliphatic imine (C=N–C) groups is 1. The molecule has 1 heterocycles. The van der Waals surface area contributed by atoms with Crippen molar-refractivity contribution in [2.24, 2.45) is 22.6 Å². The fraction of sp³-hybridized carbons (Fsp3) is 0.941. The van der Waals surface area contributed by atoms with Crippen molar-refractivity contribution < 1.29 is 0 Å². The van der Waals surface area contributed by atoms with Crippen LogP contribution in [-0.2, 0) is 0 Å². The number of guanidine groups is 1. The number of likely N-dealkylation sites (tertiary alicyclic amines) is 1. The molecule has 3 fully saturated rings. The number of hydrogen-bond acceptors (Lipinski definition) is 2. The normalized spacial score (nSPS) is 33.5. The molecule has 0 bridgehead atoms. The molecule has 0 radical (unpaired) electrons. The molecule has 3 atom stereocenters. The van der Waals surface area contributed by atoms with Gasteiger partial charge in [-0.1, -0.05) is 39.0 Å². The lowest BCUT2D eigenvalue weighted by Crippen LogP contribution is -2.37. The highest BCUT2D eigenvalue weighted by atomic mass is 127. The van der Waals surface area contributed by atoms with Gasteiger partial charge in [-0.25, -0.2) is 0 Å². The van der Waals surface area contributed by atoms with E-state index in [1.54, 1.807) is 0 Å². The zero-order valence-electron chi connectivity index (χ0n) is 14.0. The molecular formula is C17H33IN4. The molecule has 0 aromatic rings. The van der Waals surface area contributed by atoms with Crippen LogP contribution in [0.5, 0.6) is 0 Å². The molecule has 2 saturated carbocycles. The topological polar surface area (TPSA) is 53.6 Å². The Balaban J connectivity index is 0.00000176. The van der Waals surface area contributed by atoms with E-state index < -0.39 is 0 Å². The van der Waals surface area contributed by atoms with Crippen LogP contribution >= 0.6 is 24.0 Å². The summed E-state index contributed by atoms with van der Waals surface area (Å²) in [6, 6.07) is 1.23. The van der Waals surface area contributed by atoms with Crippen molar-refractivity contribution in [3.8, 4) is 0 Å². The van der Waals surface area contributed by atoms with Gasteiger partial charge < -0.3 is 11.1 Å². The van der Waals surface area contributed by atoms with Crippen LogP contribution in [-0.4, -0.2) is 42.6 Å². The smallest absolute Gasteiger partial charge is 0.188 e. The van der Waals surface area contributed by atoms with Gasteiger partial charge in [0.1, 0.15) is 0 Å². The summed E-state index contributed by atoms with van der Waals surface area (Å²) in [4.78, 5) is 7.13. The molecule has 3 N–H and O–H groups in total. The maximum Gasteiger partial charge on any atom is 0.188 e. The van der Waals surface area contributed by atoms with Gasteiger partial charge in [-0.3, -0.25) is 9.89 Å². The number of hydrogen-bond donors (Lipinski definition) is 2. The third-order valence-electron chi connectivity index (χ3n) is 5.81. The Bertz CT molecular complexity index is 368. The fourth-order valence-electron chi connectivity index (χ4n) is 4.42. The Labute approximate surface area is 152 Å². The summed E-state index contributed by atoms with van der Waals surface area (Å²) in [7, 11) is 0. The van der Waals surface area contributed by atoms with Crippen molar-refractivity contribution >= 4 is 29.9 Å². The number of likely N-dealkylation sites (N-methyl/N-ethyl adjacent to an activating group) is 1. The number of rotatable bonds is 5. The molecule has 128 valence electrons. The Hall–Kier alpha value is -0.0400. The van der Waals surface area contributed by atoms with Crippen molar-refractivity contribution in [1.82, 2.24) is 10.2 Å². The van der Waals surface area contributed by atoms with Crippen LogP contribution < -0.4 is 11.1 Å². The molecule has 0 aromatic heterocycles. The van der Waals surface area contributed by atoms with E-state index in [2.05, 4.69) is 22.1 Å². The third-order valence-corrected chi connectivity index (χ3v) is 5.81. The number of nitrogens with zero attached hydrogens (tertiary/aromatic N) is 2. The van der Waals surface area contributed by atoms with Crippen molar-refractivity contribution in [3.63, 3.8) is 0 Å². The first-order valence-electron chi connectivity index (χ1n) is 9.08. The van der Waals surface area contributed by atoms with Crippen molar-refractivity contribution in [1.29, 1.82) is 0 Å². The summed E-state index contributed by atoms with van der Waals surface area (Å²) >= 11 is 0. The molecule has 3 unspecified atom stereocenters. The molecule has 3 aliphatic rings. The van der Waals surface area contributed by atoms with Gasteiger partial charge in [0.25, 0.3) is 0 Å². The van der Waals surface area contributed by atoms with Crippen LogP contribution in [0.2, 0.25) is 0 Å². The van der Waals surface area contributed by atoms with Gasteiger partial charge in [0, 0.05) is 12.1 Å². The SMILES string of the molecule is CCN1CCCC1CN=C(N)NC1CC1C1CCCCC1.I. The Morgan fingerprint density at radius 2 is 1.95 bits per heavy atom. The summed E-state index contributed by atoms with van der Waals surface area (Å²) in [5, 5.41) is 3.47. The van der Waals surface area contributed by atoms with Crippen molar-refractivity contribution in [2.75, 3.05) is 19.6 Å². The lowest BCUT2D eigenvalue weighted by molar-refractivity contribution is 0.273. The van der Waals surface area contributed by atoms with Crippen LogP contribution in [0, 0.1) is 11.8 Å². The highest BCUT2D eigenvalue weighted by Gasteiger charge is 2.43. The number of nitrogens with one attached hydrogen (secondary N) is 1. The summed E-state index contributed by atoms with van der Waals surface area (Å²) < 4.78 is 0. The van der Waals surface area contributed by atoms with Crippen LogP contribution in [0.1, 0.15) is 58.3 Å². The highest BCUT2D eigenvalue weighted by molar-refractivity contribution is 14.0. The molecule has 2 aliphatic carbocycles. The zero-order valence-corrected chi connectivity index (χ0v) is 16.3. The van der Waals surface area contributed by atoms with Crippen molar-refractivity contribution in [2.45, 2.75) is 70.4 Å². The second-order valence-corrected chi connectivity index (χ2v) is 7.20. The van der Waals surface area contributed by atoms with Crippen LogP contribution in [0.25, 0.3) is 0 Å². The van der Waals surface area contributed by atoms with Crippen LogP contribution in [0.3, 0.4) is 0 Å². The Morgan fingerprint density at radius 1 is 1.18 bits per heavy atom. The van der Waals surface area contributed by atoms with Gasteiger partial charge in [0.05, 0.1) is 6.54 Å². The lowest BCUT2D eigenvalue weighted by Gasteiger charge is -2.22. The minimum atomic E-state index is 0. The van der Waals surface area contributed by atoms with Gasteiger partial charge in [-0.05, 0) is 44.2 Å². The van der Waals surface area contributed by atoms with Crippen molar-refractivity contribution in [3.05, 3.63) is 0 Å². The summed E-state index contributed by atoms with van der Waals surface area (Å²) in [6.45, 7) is 5.48. The van der Waals surface area contributed by atoms with Gasteiger partial charge in [0.15, 0.2) is 5.96 Å². The molecular weight excluding hydrogens is 387 g/mol. The second-order valence-electron chi connectivity index (χ2n) is 7.20. The van der Waals surface area contributed by atoms with E-state index in [1.807, 2.05) is 0 Å². The first-order valence-corrected chi connectivity index (χ1v) is 9.08. The average molecular weight is 420 g/mol. The molecule has 5 heteroatoms. The molecule has 1 aliphatic heterocycles. The molecule has 1 saturated heterocycles. The molecule has 4 nitrogen and oxygen atoms in total. The van der Waals surface area contributed by atoms with Gasteiger partial charge in [0.2, 0.25) is 0 Å². The molecule has 0 aromatic carbocycles. The van der Waals surface area contributed by atoms with Gasteiger partial charge in [-0.2, -0.15) is 0 Å². The largest absolute Gasteiger partial charge is 0.370 e. The zero-order chi connectivity index (χ0) is 14.7. The predicted molar refractivity (Wildman–Crippen MR) is 104 cm³/mol. The summed E-state index contributed by atoms with van der Waals surface area (Å²) in [5.41, 5.74) is 6.09. The minimum absolute atomic E-state index is 0. The Morgan fingerprint density at radius 3 is 2.68 bits per heavy atom. The maximum atomic E-state index is 6.09. The minimum Gasteiger partial charge on any atom is -0.370 e. The van der Waals surface area contributed by atoms with E-state index in [4.69, 9.17) is 5.73 Å². The van der Waals surface area contributed by atoms with E-state index in [9.17, 15) is 0 Å². The van der Waals surface area contributed by atoms with E-state index in [0.717, 1.165) is 24.9 Å². The second kappa shape index (κ2) is 8.71. The molecule has 3 rings (SSSR count). The highest BCUT2D eigenvalue weighted by Crippen LogP contribution is 2.44.